The van der Waals surface area contributed by atoms with Gasteiger partial charge >= 0.3 is 5.97 Å². The SMILES string of the molecule is Nc1ccc(C(=O)N2CCC(C(=O)O)C2)cc1[N+](=O)[O-]. The number of rotatable bonds is 3. The summed E-state index contributed by atoms with van der Waals surface area (Å²) in [6.07, 6.45) is 0.387. The van der Waals surface area contributed by atoms with Crippen LogP contribution in [-0.4, -0.2) is 39.9 Å². The summed E-state index contributed by atoms with van der Waals surface area (Å²) < 4.78 is 0. The Morgan fingerprint density at radius 3 is 2.70 bits per heavy atom. The maximum atomic E-state index is 12.2. The first kappa shape index (κ1) is 13.8. The standard InChI is InChI=1S/C12H13N3O5/c13-9-2-1-7(5-10(9)15(19)20)11(16)14-4-3-8(6-14)12(17)18/h1-2,5,8H,3-4,6,13H2,(H,17,18). The Morgan fingerprint density at radius 2 is 2.15 bits per heavy atom. The van der Waals surface area contributed by atoms with E-state index < -0.39 is 22.7 Å². The van der Waals surface area contributed by atoms with Crippen LogP contribution in [0.15, 0.2) is 18.2 Å². The first-order chi connectivity index (χ1) is 9.40. The molecule has 8 heteroatoms. The number of carbonyl (C=O) groups excluding carboxylic acids is 1. The molecule has 8 nitrogen and oxygen atoms in total. The lowest BCUT2D eigenvalue weighted by Gasteiger charge is -2.15. The maximum absolute atomic E-state index is 12.2. The van der Waals surface area contributed by atoms with Crippen LogP contribution in [0.25, 0.3) is 0 Å². The lowest BCUT2D eigenvalue weighted by molar-refractivity contribution is -0.383. The van der Waals surface area contributed by atoms with Gasteiger partial charge in [-0.25, -0.2) is 0 Å². The minimum atomic E-state index is -0.941. The molecule has 0 aromatic heterocycles. The average Bonchev–Trinajstić information content (AvgIpc) is 2.87. The van der Waals surface area contributed by atoms with E-state index in [1.54, 1.807) is 0 Å². The van der Waals surface area contributed by atoms with Crippen LogP contribution in [0.4, 0.5) is 11.4 Å². The molecule has 1 saturated heterocycles. The van der Waals surface area contributed by atoms with Crippen molar-refractivity contribution in [1.82, 2.24) is 4.90 Å². The Kier molecular flexibility index (Phi) is 3.55. The minimum absolute atomic E-state index is 0.0172. The molecule has 1 heterocycles. The van der Waals surface area contributed by atoms with Crippen molar-refractivity contribution in [2.75, 3.05) is 18.8 Å². The van der Waals surface area contributed by atoms with E-state index in [1.807, 2.05) is 0 Å². The number of nitro benzene ring substituents is 1. The molecule has 1 aromatic rings. The second-order valence-corrected chi connectivity index (χ2v) is 4.61. The van der Waals surface area contributed by atoms with Gasteiger partial charge in [0.15, 0.2) is 0 Å². The first-order valence-electron chi connectivity index (χ1n) is 5.96. The Balaban J connectivity index is 2.20. The third-order valence-electron chi connectivity index (χ3n) is 3.30. The molecule has 2 rings (SSSR count). The van der Waals surface area contributed by atoms with E-state index in [0.717, 1.165) is 6.07 Å². The third kappa shape index (κ3) is 2.53. The highest BCUT2D eigenvalue weighted by molar-refractivity contribution is 5.96. The maximum Gasteiger partial charge on any atom is 0.308 e. The van der Waals surface area contributed by atoms with Crippen LogP contribution in [0.3, 0.4) is 0 Å². The molecule has 1 fully saturated rings. The zero-order valence-electron chi connectivity index (χ0n) is 10.5. The van der Waals surface area contributed by atoms with E-state index in [4.69, 9.17) is 10.8 Å². The summed E-state index contributed by atoms with van der Waals surface area (Å²) in [6, 6.07) is 3.82. The number of nitro groups is 1. The number of likely N-dealkylation sites (tertiary alicyclic amines) is 1. The number of aliphatic carboxylic acids is 1. The molecule has 20 heavy (non-hydrogen) atoms. The molecule has 0 spiro atoms. The molecule has 0 radical (unpaired) electrons. The fourth-order valence-electron chi connectivity index (χ4n) is 2.16. The van der Waals surface area contributed by atoms with Crippen LogP contribution in [0, 0.1) is 16.0 Å². The van der Waals surface area contributed by atoms with Gasteiger partial charge in [-0.3, -0.25) is 19.7 Å². The number of nitrogens with two attached hydrogens (primary N) is 1. The number of anilines is 1. The van der Waals surface area contributed by atoms with Crippen molar-refractivity contribution < 1.29 is 19.6 Å². The number of carbonyl (C=O) groups is 2. The zero-order chi connectivity index (χ0) is 14.9. The molecule has 1 amide bonds. The molecule has 0 aliphatic carbocycles. The first-order valence-corrected chi connectivity index (χ1v) is 5.96. The molecule has 106 valence electrons. The zero-order valence-corrected chi connectivity index (χ0v) is 10.5. The van der Waals surface area contributed by atoms with Crippen LogP contribution in [0.2, 0.25) is 0 Å². The van der Waals surface area contributed by atoms with Gasteiger partial charge in [-0.15, -0.1) is 0 Å². The third-order valence-corrected chi connectivity index (χ3v) is 3.30. The second kappa shape index (κ2) is 5.16. The van der Waals surface area contributed by atoms with Crippen molar-refractivity contribution in [3.05, 3.63) is 33.9 Å². The highest BCUT2D eigenvalue weighted by atomic mass is 16.6. The van der Waals surface area contributed by atoms with E-state index in [1.165, 1.54) is 17.0 Å². The Morgan fingerprint density at radius 1 is 1.45 bits per heavy atom. The summed E-state index contributed by atoms with van der Waals surface area (Å²) in [5, 5.41) is 19.7. The minimum Gasteiger partial charge on any atom is -0.481 e. The van der Waals surface area contributed by atoms with Gasteiger partial charge in [0.1, 0.15) is 5.69 Å². The van der Waals surface area contributed by atoms with Gasteiger partial charge in [0.2, 0.25) is 0 Å². The van der Waals surface area contributed by atoms with Crippen LogP contribution >= 0.6 is 0 Å². The predicted molar refractivity (Wildman–Crippen MR) is 69.2 cm³/mol. The average molecular weight is 279 g/mol. The van der Waals surface area contributed by atoms with Crippen molar-refractivity contribution in [2.24, 2.45) is 5.92 Å². The van der Waals surface area contributed by atoms with Crippen LogP contribution < -0.4 is 5.73 Å². The summed E-state index contributed by atoms with van der Waals surface area (Å²) in [4.78, 5) is 34.5. The normalized spacial score (nSPS) is 18.0. The largest absolute Gasteiger partial charge is 0.481 e. The van der Waals surface area contributed by atoms with Crippen LogP contribution in [-0.2, 0) is 4.79 Å². The van der Waals surface area contributed by atoms with Crippen molar-refractivity contribution in [2.45, 2.75) is 6.42 Å². The number of carboxylic acids is 1. The molecule has 1 aliphatic heterocycles. The quantitative estimate of drug-likeness (QED) is 0.477. The Bertz CT molecular complexity index is 586. The molecule has 1 unspecified atom stereocenters. The highest BCUT2D eigenvalue weighted by Crippen LogP contribution is 2.25. The molecule has 0 saturated carbocycles. The lowest BCUT2D eigenvalue weighted by atomic mass is 10.1. The number of benzene rings is 1. The Labute approximate surface area is 113 Å². The van der Waals surface area contributed by atoms with Gasteiger partial charge < -0.3 is 15.7 Å². The lowest BCUT2D eigenvalue weighted by Crippen LogP contribution is -2.30. The second-order valence-electron chi connectivity index (χ2n) is 4.61. The molecule has 0 bridgehead atoms. The van der Waals surface area contributed by atoms with Gasteiger partial charge in [0.25, 0.3) is 11.6 Å². The van der Waals surface area contributed by atoms with Crippen molar-refractivity contribution >= 4 is 23.3 Å². The van der Waals surface area contributed by atoms with Gasteiger partial charge in [-0.05, 0) is 18.6 Å². The number of carboxylic acid groups (broad SMARTS) is 1. The van der Waals surface area contributed by atoms with E-state index in [2.05, 4.69) is 0 Å². The van der Waals surface area contributed by atoms with Gasteiger partial charge in [0, 0.05) is 24.7 Å². The molecule has 1 aliphatic rings. The molecule has 1 aromatic carbocycles. The van der Waals surface area contributed by atoms with Crippen molar-refractivity contribution in [3.63, 3.8) is 0 Å². The van der Waals surface area contributed by atoms with Gasteiger partial charge in [0.05, 0.1) is 10.8 Å². The van der Waals surface area contributed by atoms with E-state index in [-0.39, 0.29) is 23.5 Å². The fourth-order valence-corrected chi connectivity index (χ4v) is 2.16. The Hall–Kier alpha value is -2.64. The number of amides is 1. The van der Waals surface area contributed by atoms with Crippen molar-refractivity contribution in [1.29, 1.82) is 0 Å². The summed E-state index contributed by atoms with van der Waals surface area (Å²) in [5.74, 6) is -1.94. The number of nitrogen functional groups attached to an aromatic ring is 1. The summed E-state index contributed by atoms with van der Waals surface area (Å²) >= 11 is 0. The van der Waals surface area contributed by atoms with Gasteiger partial charge in [-0.2, -0.15) is 0 Å². The van der Waals surface area contributed by atoms with Gasteiger partial charge in [-0.1, -0.05) is 0 Å². The summed E-state index contributed by atoms with van der Waals surface area (Å²) in [7, 11) is 0. The number of nitrogens with zero attached hydrogens (tertiary/aromatic N) is 2. The molecular weight excluding hydrogens is 266 g/mol. The number of hydrogen-bond acceptors (Lipinski definition) is 5. The van der Waals surface area contributed by atoms with E-state index in [0.29, 0.717) is 13.0 Å². The van der Waals surface area contributed by atoms with E-state index >= 15 is 0 Å². The van der Waals surface area contributed by atoms with Crippen LogP contribution in [0.5, 0.6) is 0 Å². The highest BCUT2D eigenvalue weighted by Gasteiger charge is 2.31. The predicted octanol–water partition coefficient (Wildman–Crippen LogP) is 0.724. The smallest absolute Gasteiger partial charge is 0.308 e. The van der Waals surface area contributed by atoms with E-state index in [9.17, 15) is 19.7 Å². The fraction of sp³-hybridized carbons (Fsp3) is 0.333. The summed E-state index contributed by atoms with van der Waals surface area (Å²) in [6.45, 7) is 0.445. The molecule has 3 N–H and O–H groups in total. The van der Waals surface area contributed by atoms with Crippen molar-refractivity contribution in [3.8, 4) is 0 Å². The molecular formula is C12H13N3O5. The molecule has 1 atom stereocenters. The summed E-state index contributed by atoms with van der Waals surface area (Å²) in [5.41, 5.74) is 5.25. The topological polar surface area (TPSA) is 127 Å². The number of hydrogen-bond donors (Lipinski definition) is 2. The monoisotopic (exact) mass is 279 g/mol. The van der Waals surface area contributed by atoms with Crippen LogP contribution in [0.1, 0.15) is 16.8 Å².